The van der Waals surface area contributed by atoms with Crippen LogP contribution in [0.3, 0.4) is 0 Å². The van der Waals surface area contributed by atoms with Gasteiger partial charge in [0.15, 0.2) is 0 Å². The van der Waals surface area contributed by atoms with E-state index in [1.807, 2.05) is 11.6 Å². The maximum absolute atomic E-state index is 4.46. The van der Waals surface area contributed by atoms with Crippen LogP contribution in [-0.2, 0) is 13.1 Å². The van der Waals surface area contributed by atoms with Gasteiger partial charge >= 0.3 is 0 Å². The van der Waals surface area contributed by atoms with Crippen LogP contribution in [-0.4, -0.2) is 9.78 Å². The second kappa shape index (κ2) is 5.78. The van der Waals surface area contributed by atoms with Crippen molar-refractivity contribution in [2.45, 2.75) is 40.8 Å². The Kier molecular flexibility index (Phi) is 4.30. The Morgan fingerprint density at radius 2 is 1.79 bits per heavy atom. The van der Waals surface area contributed by atoms with Crippen LogP contribution in [0.1, 0.15) is 29.4 Å². The first kappa shape index (κ1) is 14.1. The van der Waals surface area contributed by atoms with Crippen LogP contribution in [0.5, 0.6) is 0 Å². The highest BCUT2D eigenvalue weighted by Gasteiger charge is 2.05. The summed E-state index contributed by atoms with van der Waals surface area (Å²) in [5, 5.41) is 7.94. The monoisotopic (exact) mass is 321 g/mol. The molecule has 0 aliphatic rings. The quantitative estimate of drug-likeness (QED) is 0.914. The minimum Gasteiger partial charge on any atom is -0.379 e. The third-order valence-corrected chi connectivity index (χ3v) is 4.45. The Morgan fingerprint density at radius 1 is 1.16 bits per heavy atom. The molecule has 0 bridgehead atoms. The zero-order valence-corrected chi connectivity index (χ0v) is 13.5. The van der Waals surface area contributed by atoms with Crippen LogP contribution in [0, 0.1) is 20.8 Å². The summed E-state index contributed by atoms with van der Waals surface area (Å²) in [6.07, 6.45) is 0. The van der Waals surface area contributed by atoms with Crippen molar-refractivity contribution in [3.63, 3.8) is 0 Å². The van der Waals surface area contributed by atoms with E-state index in [1.54, 1.807) is 0 Å². The molecular formula is C15H20BrN3. The highest BCUT2D eigenvalue weighted by molar-refractivity contribution is 9.10. The lowest BCUT2D eigenvalue weighted by Gasteiger charge is -2.11. The molecule has 2 aromatic rings. The Bertz CT molecular complexity index is 564. The minimum atomic E-state index is 0.801. The van der Waals surface area contributed by atoms with Gasteiger partial charge in [-0.05, 0) is 57.0 Å². The van der Waals surface area contributed by atoms with Crippen molar-refractivity contribution in [1.82, 2.24) is 9.78 Å². The molecule has 0 aliphatic heterocycles. The van der Waals surface area contributed by atoms with Gasteiger partial charge in [-0.15, -0.1) is 0 Å². The second-order valence-corrected chi connectivity index (χ2v) is 5.66. The first-order valence-corrected chi connectivity index (χ1v) is 7.34. The normalized spacial score (nSPS) is 10.8. The largest absolute Gasteiger partial charge is 0.379 e. The predicted molar refractivity (Wildman–Crippen MR) is 83.6 cm³/mol. The zero-order chi connectivity index (χ0) is 14.0. The van der Waals surface area contributed by atoms with E-state index in [9.17, 15) is 0 Å². The molecule has 0 amide bonds. The Labute approximate surface area is 123 Å². The highest BCUT2D eigenvalue weighted by atomic mass is 79.9. The zero-order valence-electron chi connectivity index (χ0n) is 11.9. The van der Waals surface area contributed by atoms with Crippen molar-refractivity contribution in [2.75, 3.05) is 5.32 Å². The summed E-state index contributed by atoms with van der Waals surface area (Å²) in [4.78, 5) is 0. The van der Waals surface area contributed by atoms with Gasteiger partial charge in [0.05, 0.1) is 17.9 Å². The smallest absolute Gasteiger partial charge is 0.0597 e. The summed E-state index contributed by atoms with van der Waals surface area (Å²) in [5.41, 5.74) is 5.95. The number of nitrogens with one attached hydrogen (secondary N) is 1. The van der Waals surface area contributed by atoms with E-state index in [0.717, 1.165) is 24.5 Å². The number of nitrogens with zero attached hydrogens (tertiary/aromatic N) is 2. The van der Waals surface area contributed by atoms with Gasteiger partial charge in [0.2, 0.25) is 0 Å². The third kappa shape index (κ3) is 3.18. The number of hydrogen-bond donors (Lipinski definition) is 1. The van der Waals surface area contributed by atoms with E-state index in [4.69, 9.17) is 0 Å². The standard InChI is InChI=1S/C15H20BrN3/c1-5-19-14(8-12(4)18-19)9-17-13-6-10(2)15(16)11(3)7-13/h6-8,17H,5,9H2,1-4H3. The van der Waals surface area contributed by atoms with Crippen molar-refractivity contribution < 1.29 is 0 Å². The number of aryl methyl sites for hydroxylation is 4. The van der Waals surface area contributed by atoms with Crippen LogP contribution in [0.15, 0.2) is 22.7 Å². The fourth-order valence-electron chi connectivity index (χ4n) is 2.26. The summed E-state index contributed by atoms with van der Waals surface area (Å²) >= 11 is 3.59. The molecule has 0 atom stereocenters. The molecule has 1 aromatic heterocycles. The van der Waals surface area contributed by atoms with E-state index in [0.29, 0.717) is 0 Å². The number of benzene rings is 1. The van der Waals surface area contributed by atoms with Crippen LogP contribution < -0.4 is 5.32 Å². The van der Waals surface area contributed by atoms with Gasteiger partial charge in [-0.2, -0.15) is 5.10 Å². The molecule has 0 spiro atoms. The summed E-state index contributed by atoms with van der Waals surface area (Å²) in [6.45, 7) is 10.1. The van der Waals surface area contributed by atoms with Crippen LogP contribution >= 0.6 is 15.9 Å². The molecule has 102 valence electrons. The van der Waals surface area contributed by atoms with Gasteiger partial charge in [-0.3, -0.25) is 4.68 Å². The van der Waals surface area contributed by atoms with E-state index < -0.39 is 0 Å². The second-order valence-electron chi connectivity index (χ2n) is 4.87. The van der Waals surface area contributed by atoms with E-state index in [2.05, 4.69) is 65.3 Å². The van der Waals surface area contributed by atoms with Crippen LogP contribution in [0.25, 0.3) is 0 Å². The number of halogens is 1. The highest BCUT2D eigenvalue weighted by Crippen LogP contribution is 2.25. The average Bonchev–Trinajstić information content (AvgIpc) is 2.73. The molecule has 1 aromatic carbocycles. The van der Waals surface area contributed by atoms with Gasteiger partial charge in [0.25, 0.3) is 0 Å². The summed E-state index contributed by atoms with van der Waals surface area (Å²) < 4.78 is 3.23. The lowest BCUT2D eigenvalue weighted by molar-refractivity contribution is 0.623. The first-order chi connectivity index (χ1) is 9.01. The summed E-state index contributed by atoms with van der Waals surface area (Å²) in [5.74, 6) is 0. The first-order valence-electron chi connectivity index (χ1n) is 6.55. The maximum Gasteiger partial charge on any atom is 0.0597 e. The van der Waals surface area contributed by atoms with E-state index in [-0.39, 0.29) is 0 Å². The maximum atomic E-state index is 4.46. The van der Waals surface area contributed by atoms with Gasteiger partial charge in [-0.25, -0.2) is 0 Å². The Morgan fingerprint density at radius 3 is 2.37 bits per heavy atom. The van der Waals surface area contributed by atoms with Crippen molar-refractivity contribution >= 4 is 21.6 Å². The molecule has 0 aliphatic carbocycles. The van der Waals surface area contributed by atoms with Crippen molar-refractivity contribution in [2.24, 2.45) is 0 Å². The fraction of sp³-hybridized carbons (Fsp3) is 0.400. The molecule has 1 heterocycles. The average molecular weight is 322 g/mol. The molecular weight excluding hydrogens is 302 g/mol. The topological polar surface area (TPSA) is 29.9 Å². The Hall–Kier alpha value is -1.29. The van der Waals surface area contributed by atoms with Crippen molar-refractivity contribution in [3.8, 4) is 0 Å². The van der Waals surface area contributed by atoms with Crippen molar-refractivity contribution in [3.05, 3.63) is 45.2 Å². The van der Waals surface area contributed by atoms with E-state index >= 15 is 0 Å². The predicted octanol–water partition coefficient (Wildman–Crippen LogP) is 4.20. The SMILES string of the molecule is CCn1nc(C)cc1CNc1cc(C)c(Br)c(C)c1. The Balaban J connectivity index is 2.14. The molecule has 0 saturated carbocycles. The van der Waals surface area contributed by atoms with Gasteiger partial charge in [0, 0.05) is 16.7 Å². The van der Waals surface area contributed by atoms with Crippen LogP contribution in [0.2, 0.25) is 0 Å². The molecule has 0 radical (unpaired) electrons. The number of hydrogen-bond acceptors (Lipinski definition) is 2. The fourth-order valence-corrected chi connectivity index (χ4v) is 2.48. The summed E-state index contributed by atoms with van der Waals surface area (Å²) in [6, 6.07) is 6.46. The van der Waals surface area contributed by atoms with Crippen LogP contribution in [0.4, 0.5) is 5.69 Å². The van der Waals surface area contributed by atoms with Gasteiger partial charge < -0.3 is 5.32 Å². The lowest BCUT2D eigenvalue weighted by Crippen LogP contribution is -2.08. The molecule has 1 N–H and O–H groups in total. The molecule has 4 heteroatoms. The number of aromatic nitrogens is 2. The number of anilines is 1. The number of rotatable bonds is 4. The van der Waals surface area contributed by atoms with Crippen molar-refractivity contribution in [1.29, 1.82) is 0 Å². The molecule has 0 fully saturated rings. The lowest BCUT2D eigenvalue weighted by atomic mass is 10.1. The molecule has 3 nitrogen and oxygen atoms in total. The summed E-state index contributed by atoms with van der Waals surface area (Å²) in [7, 11) is 0. The molecule has 0 saturated heterocycles. The minimum absolute atomic E-state index is 0.801. The van der Waals surface area contributed by atoms with Gasteiger partial charge in [0.1, 0.15) is 0 Å². The molecule has 0 unspecified atom stereocenters. The molecule has 2 rings (SSSR count). The molecule has 19 heavy (non-hydrogen) atoms. The van der Waals surface area contributed by atoms with E-state index in [1.165, 1.54) is 21.3 Å². The van der Waals surface area contributed by atoms with Gasteiger partial charge in [-0.1, -0.05) is 15.9 Å². The third-order valence-electron chi connectivity index (χ3n) is 3.20.